The van der Waals surface area contributed by atoms with Gasteiger partial charge < -0.3 is 19.7 Å². The number of carbonyl (C=O) groups is 2. The molecular formula is C30H37F2N3O6S. The van der Waals surface area contributed by atoms with E-state index in [-0.39, 0.29) is 40.5 Å². The molecular weight excluding hydrogens is 568 g/mol. The number of amides is 2. The quantitative estimate of drug-likeness (QED) is 0.363. The second-order valence-corrected chi connectivity index (χ2v) is 14.0. The number of pyridine rings is 1. The number of nitrogens with zero attached hydrogens (tertiary/aromatic N) is 3. The van der Waals surface area contributed by atoms with Crippen LogP contribution in [0.15, 0.2) is 41.5 Å². The van der Waals surface area contributed by atoms with Crippen LogP contribution in [0.3, 0.4) is 0 Å². The van der Waals surface area contributed by atoms with E-state index in [1.807, 2.05) is 41.5 Å². The molecule has 2 N–H and O–H groups in total. The maximum absolute atomic E-state index is 16.2. The number of aliphatic imine (C=N–C) groups is 1. The Morgan fingerprint density at radius 2 is 1.76 bits per heavy atom. The van der Waals surface area contributed by atoms with Gasteiger partial charge in [-0.25, -0.2) is 24.0 Å². The molecule has 2 aliphatic rings. The van der Waals surface area contributed by atoms with Crippen LogP contribution in [0.5, 0.6) is 0 Å². The van der Waals surface area contributed by atoms with Crippen LogP contribution >= 0.6 is 11.8 Å². The third kappa shape index (κ3) is 5.17. The number of fused-ring (bicyclic) bond motifs is 1. The number of rotatable bonds is 4. The van der Waals surface area contributed by atoms with Gasteiger partial charge in [0.2, 0.25) is 5.95 Å². The van der Waals surface area contributed by atoms with Gasteiger partial charge in [0.25, 0.3) is 0 Å². The summed E-state index contributed by atoms with van der Waals surface area (Å²) in [5.74, 6) is -1.90. The lowest BCUT2D eigenvalue weighted by atomic mass is 9.53. The van der Waals surface area contributed by atoms with Gasteiger partial charge in [-0.3, -0.25) is 0 Å². The van der Waals surface area contributed by atoms with Gasteiger partial charge in [-0.15, -0.1) is 0 Å². The number of benzene rings is 1. The summed E-state index contributed by atoms with van der Waals surface area (Å²) in [5, 5.41) is 19.7. The standard InChI is InChI=1S/C30H37F2N3O6S/c1-27(2,3)30(28(4,5)6)22-14-18(15-40-7)41-16-29(22,34-24(42-30)35(25(36)37)26(38)39)20-13-17(10-11-21(20)31)19-9-8-12-33-23(19)32/h8-13,18,22H,14-16H2,1-7H3,(H,36,37)(H,38,39)/t18-,22-,29-/m1/s1. The van der Waals surface area contributed by atoms with Gasteiger partial charge in [-0.1, -0.05) is 59.4 Å². The van der Waals surface area contributed by atoms with Gasteiger partial charge in [-0.2, -0.15) is 9.29 Å². The van der Waals surface area contributed by atoms with Crippen LogP contribution in [0.2, 0.25) is 0 Å². The number of halogens is 2. The summed E-state index contributed by atoms with van der Waals surface area (Å²) >= 11 is 1.09. The molecule has 2 aliphatic heterocycles. The number of ether oxygens (including phenoxy) is 2. The molecule has 228 valence electrons. The number of methoxy groups -OCH3 is 1. The minimum atomic E-state index is -1.74. The van der Waals surface area contributed by atoms with E-state index in [1.54, 1.807) is 13.2 Å². The number of amidine groups is 1. The summed E-state index contributed by atoms with van der Waals surface area (Å²) in [6.45, 7) is 12.1. The monoisotopic (exact) mass is 605 g/mol. The van der Waals surface area contributed by atoms with E-state index in [0.29, 0.717) is 12.0 Å². The normalized spacial score (nSPS) is 24.0. The number of hydrogen-bond acceptors (Lipinski definition) is 7. The summed E-state index contributed by atoms with van der Waals surface area (Å²) in [4.78, 5) is 33.3. The zero-order valence-corrected chi connectivity index (χ0v) is 25.6. The van der Waals surface area contributed by atoms with Crippen molar-refractivity contribution in [2.45, 2.75) is 64.4 Å². The van der Waals surface area contributed by atoms with Gasteiger partial charge in [-0.05, 0) is 47.1 Å². The smallest absolute Gasteiger partial charge is 0.423 e. The Labute approximate surface area is 248 Å². The number of thioether (sulfide) groups is 1. The van der Waals surface area contributed by atoms with Crippen molar-refractivity contribution in [3.8, 4) is 11.1 Å². The van der Waals surface area contributed by atoms with E-state index in [9.17, 15) is 24.2 Å². The highest BCUT2D eigenvalue weighted by Crippen LogP contribution is 2.67. The zero-order chi connectivity index (χ0) is 31.3. The van der Waals surface area contributed by atoms with E-state index in [0.717, 1.165) is 11.8 Å². The molecule has 0 bridgehead atoms. The second-order valence-electron chi connectivity index (χ2n) is 12.8. The average Bonchev–Trinajstić information content (AvgIpc) is 2.87. The summed E-state index contributed by atoms with van der Waals surface area (Å²) in [6.07, 6.45) is -2.19. The molecule has 3 heterocycles. The first-order valence-electron chi connectivity index (χ1n) is 13.6. The highest BCUT2D eigenvalue weighted by Gasteiger charge is 2.68. The molecule has 0 radical (unpaired) electrons. The summed E-state index contributed by atoms with van der Waals surface area (Å²) in [5.41, 5.74) is -2.25. The predicted molar refractivity (Wildman–Crippen MR) is 156 cm³/mol. The van der Waals surface area contributed by atoms with Crippen molar-refractivity contribution in [2.24, 2.45) is 21.7 Å². The van der Waals surface area contributed by atoms with Crippen LogP contribution in [0.4, 0.5) is 18.4 Å². The van der Waals surface area contributed by atoms with Crippen molar-refractivity contribution < 1.29 is 38.1 Å². The molecule has 42 heavy (non-hydrogen) atoms. The fourth-order valence-corrected chi connectivity index (χ4v) is 8.75. The van der Waals surface area contributed by atoms with Gasteiger partial charge in [0, 0.05) is 35.1 Å². The lowest BCUT2D eigenvalue weighted by Crippen LogP contribution is -2.68. The van der Waals surface area contributed by atoms with Crippen LogP contribution in [-0.2, 0) is 15.0 Å². The Morgan fingerprint density at radius 1 is 1.12 bits per heavy atom. The van der Waals surface area contributed by atoms with Crippen molar-refractivity contribution in [1.29, 1.82) is 0 Å². The van der Waals surface area contributed by atoms with Gasteiger partial charge in [0.1, 0.15) is 11.4 Å². The topological polar surface area (TPSA) is 122 Å². The molecule has 1 aromatic carbocycles. The first-order valence-corrected chi connectivity index (χ1v) is 14.4. The predicted octanol–water partition coefficient (Wildman–Crippen LogP) is 6.87. The Bertz CT molecular complexity index is 1380. The molecule has 1 fully saturated rings. The van der Waals surface area contributed by atoms with E-state index in [4.69, 9.17) is 14.5 Å². The molecule has 0 aliphatic carbocycles. The molecule has 0 spiro atoms. The molecule has 4 rings (SSSR count). The van der Waals surface area contributed by atoms with Gasteiger partial charge >= 0.3 is 12.2 Å². The van der Waals surface area contributed by atoms with Gasteiger partial charge in [0.05, 0.1) is 19.3 Å². The lowest BCUT2D eigenvalue weighted by molar-refractivity contribution is -0.119. The molecule has 1 aromatic heterocycles. The lowest BCUT2D eigenvalue weighted by Gasteiger charge is -2.64. The van der Waals surface area contributed by atoms with Gasteiger partial charge in [0.15, 0.2) is 5.17 Å². The van der Waals surface area contributed by atoms with Crippen LogP contribution in [-0.4, -0.2) is 68.6 Å². The van der Waals surface area contributed by atoms with E-state index >= 15 is 4.39 Å². The Kier molecular flexibility index (Phi) is 8.49. The van der Waals surface area contributed by atoms with Crippen LogP contribution < -0.4 is 0 Å². The van der Waals surface area contributed by atoms with Crippen molar-refractivity contribution in [2.75, 3.05) is 20.3 Å². The van der Waals surface area contributed by atoms with E-state index in [2.05, 4.69) is 4.98 Å². The fourth-order valence-electron chi connectivity index (χ4n) is 6.96. The average molecular weight is 606 g/mol. The number of hydrogen-bond donors (Lipinski definition) is 2. The zero-order valence-electron chi connectivity index (χ0n) is 24.8. The Morgan fingerprint density at radius 3 is 2.31 bits per heavy atom. The number of carboxylic acid groups (broad SMARTS) is 2. The summed E-state index contributed by atoms with van der Waals surface area (Å²) in [7, 11) is 1.56. The highest BCUT2D eigenvalue weighted by molar-refractivity contribution is 8.15. The van der Waals surface area contributed by atoms with Crippen LogP contribution in [0.25, 0.3) is 11.1 Å². The van der Waals surface area contributed by atoms with Crippen molar-refractivity contribution in [3.05, 3.63) is 53.9 Å². The third-order valence-corrected chi connectivity index (χ3v) is 10.6. The highest BCUT2D eigenvalue weighted by atomic mass is 32.2. The molecule has 1 saturated heterocycles. The van der Waals surface area contributed by atoms with E-state index < -0.39 is 51.0 Å². The first kappa shape index (κ1) is 31.8. The minimum absolute atomic E-state index is 0.0514. The van der Waals surface area contributed by atoms with Crippen molar-refractivity contribution >= 4 is 29.1 Å². The number of aromatic nitrogens is 1. The van der Waals surface area contributed by atoms with Crippen molar-refractivity contribution in [3.63, 3.8) is 0 Å². The fraction of sp³-hybridized carbons (Fsp3) is 0.533. The molecule has 0 saturated carbocycles. The third-order valence-electron chi connectivity index (χ3n) is 8.31. The second kappa shape index (κ2) is 11.2. The molecule has 9 nitrogen and oxygen atoms in total. The van der Waals surface area contributed by atoms with Crippen molar-refractivity contribution in [1.82, 2.24) is 9.88 Å². The maximum Gasteiger partial charge on any atom is 0.423 e. The number of imide groups is 1. The summed E-state index contributed by atoms with van der Waals surface area (Å²) in [6, 6.07) is 7.23. The largest absolute Gasteiger partial charge is 0.464 e. The molecule has 12 heteroatoms. The minimum Gasteiger partial charge on any atom is -0.464 e. The van der Waals surface area contributed by atoms with E-state index in [1.165, 1.54) is 30.5 Å². The Balaban J connectivity index is 2.13. The Hall–Kier alpha value is -3.09. The van der Waals surface area contributed by atoms with Crippen LogP contribution in [0.1, 0.15) is 53.5 Å². The molecule has 3 atom stereocenters. The maximum atomic E-state index is 16.2. The molecule has 0 unspecified atom stereocenters. The van der Waals surface area contributed by atoms with Crippen LogP contribution in [0, 0.1) is 28.5 Å². The first-order chi connectivity index (χ1) is 19.5. The molecule has 2 aromatic rings. The SMILES string of the molecule is COC[C@H]1C[C@H]2C(C(C)(C)C)(C(C)(C)C)SC(N(C(=O)O)C(=O)O)=N[C@@]2(c2cc(-c3cccnc3F)ccc2F)CO1. The molecule has 2 amide bonds. The summed E-state index contributed by atoms with van der Waals surface area (Å²) < 4.78 is 41.7.